The van der Waals surface area contributed by atoms with E-state index in [0.29, 0.717) is 11.8 Å². The van der Waals surface area contributed by atoms with Gasteiger partial charge in [0.05, 0.1) is 0 Å². The number of hydrogen-bond acceptors (Lipinski definition) is 3. The van der Waals surface area contributed by atoms with Gasteiger partial charge in [0.25, 0.3) is 0 Å². The normalized spacial score (nSPS) is 35.4. The predicted octanol–water partition coefficient (Wildman–Crippen LogP) is 3.41. The third-order valence-electron chi connectivity index (χ3n) is 4.81. The molecule has 0 saturated heterocycles. The molecule has 0 radical (unpaired) electrons. The van der Waals surface area contributed by atoms with E-state index < -0.39 is 5.54 Å². The highest BCUT2D eigenvalue weighted by Gasteiger charge is 2.38. The van der Waals surface area contributed by atoms with Gasteiger partial charge in [0.1, 0.15) is 11.6 Å². The summed E-state index contributed by atoms with van der Waals surface area (Å²) in [5.74, 6) is 1.18. The molecule has 0 aromatic carbocycles. The van der Waals surface area contributed by atoms with Crippen LogP contribution in [0.15, 0.2) is 0 Å². The van der Waals surface area contributed by atoms with Gasteiger partial charge in [0, 0.05) is 0 Å². The van der Waals surface area contributed by atoms with Crippen LogP contribution in [0.1, 0.15) is 71.6 Å². The van der Waals surface area contributed by atoms with Gasteiger partial charge in [-0.2, -0.15) is 0 Å². The fourth-order valence-corrected chi connectivity index (χ4v) is 3.80. The first kappa shape index (κ1) is 14.8. The van der Waals surface area contributed by atoms with Gasteiger partial charge < -0.3 is 10.5 Å². The molecule has 3 nitrogen and oxygen atoms in total. The first-order valence-electron chi connectivity index (χ1n) is 7.99. The zero-order valence-corrected chi connectivity index (χ0v) is 12.5. The molecule has 0 aliphatic heterocycles. The quantitative estimate of drug-likeness (QED) is 0.616. The lowest BCUT2D eigenvalue weighted by atomic mass is 9.81. The van der Waals surface area contributed by atoms with Crippen molar-refractivity contribution >= 4 is 5.97 Å². The summed E-state index contributed by atoms with van der Waals surface area (Å²) in [5.41, 5.74) is 5.61. The van der Waals surface area contributed by atoms with Crippen molar-refractivity contribution in [3.8, 4) is 0 Å². The molecular weight excluding hydrogens is 238 g/mol. The Morgan fingerprint density at radius 3 is 2.05 bits per heavy atom. The zero-order valence-electron chi connectivity index (χ0n) is 12.5. The van der Waals surface area contributed by atoms with E-state index >= 15 is 0 Å². The summed E-state index contributed by atoms with van der Waals surface area (Å²) >= 11 is 0. The van der Waals surface area contributed by atoms with Crippen LogP contribution in [0.3, 0.4) is 0 Å². The second kappa shape index (κ2) is 6.25. The summed E-state index contributed by atoms with van der Waals surface area (Å²) in [4.78, 5) is 12.4. The van der Waals surface area contributed by atoms with Crippen LogP contribution in [-0.2, 0) is 9.53 Å². The fraction of sp³-hybridized carbons (Fsp3) is 0.938. The molecule has 0 spiro atoms. The minimum absolute atomic E-state index is 0.0925. The lowest BCUT2D eigenvalue weighted by Gasteiger charge is -2.34. The molecule has 2 unspecified atom stereocenters. The minimum atomic E-state index is -0.708. The summed E-state index contributed by atoms with van der Waals surface area (Å²) in [6, 6.07) is 0. The standard InChI is InChI=1S/C16H29NO2/c1-12-9-13(2)11-14(10-12)19-15(18)16(17)7-5-3-4-6-8-16/h12-14H,3-11,17H2,1-2H3. The molecule has 3 heteroatoms. The highest BCUT2D eigenvalue weighted by atomic mass is 16.5. The average Bonchev–Trinajstić information content (AvgIpc) is 2.53. The van der Waals surface area contributed by atoms with Crippen LogP contribution in [0.2, 0.25) is 0 Å². The van der Waals surface area contributed by atoms with Crippen molar-refractivity contribution < 1.29 is 9.53 Å². The summed E-state index contributed by atoms with van der Waals surface area (Å²) in [6.45, 7) is 4.50. The van der Waals surface area contributed by atoms with Crippen molar-refractivity contribution in [2.24, 2.45) is 17.6 Å². The first-order valence-corrected chi connectivity index (χ1v) is 7.99. The topological polar surface area (TPSA) is 52.3 Å². The molecule has 0 amide bonds. The van der Waals surface area contributed by atoms with Crippen LogP contribution in [0.25, 0.3) is 0 Å². The third-order valence-corrected chi connectivity index (χ3v) is 4.81. The summed E-state index contributed by atoms with van der Waals surface area (Å²) in [5, 5.41) is 0. The maximum Gasteiger partial charge on any atom is 0.326 e. The molecule has 0 heterocycles. The third kappa shape index (κ3) is 3.95. The molecule has 19 heavy (non-hydrogen) atoms. The Morgan fingerprint density at radius 1 is 1.00 bits per heavy atom. The van der Waals surface area contributed by atoms with Crippen LogP contribution in [-0.4, -0.2) is 17.6 Å². The Morgan fingerprint density at radius 2 is 1.53 bits per heavy atom. The van der Waals surface area contributed by atoms with E-state index in [-0.39, 0.29) is 12.1 Å². The van der Waals surface area contributed by atoms with Crippen molar-refractivity contribution in [3.63, 3.8) is 0 Å². The van der Waals surface area contributed by atoms with E-state index in [1.807, 2.05) is 0 Å². The average molecular weight is 267 g/mol. The van der Waals surface area contributed by atoms with Crippen LogP contribution < -0.4 is 5.73 Å². The molecule has 2 rings (SSSR count). The number of carbonyl (C=O) groups excluding carboxylic acids is 1. The van der Waals surface area contributed by atoms with Crippen molar-refractivity contribution in [2.75, 3.05) is 0 Å². The zero-order chi connectivity index (χ0) is 13.9. The van der Waals surface area contributed by atoms with Gasteiger partial charge in [-0.1, -0.05) is 39.5 Å². The van der Waals surface area contributed by atoms with Crippen LogP contribution in [0.5, 0.6) is 0 Å². The molecule has 2 fully saturated rings. The summed E-state index contributed by atoms with van der Waals surface area (Å²) in [7, 11) is 0. The molecule has 0 bridgehead atoms. The molecule has 2 aliphatic carbocycles. The number of hydrogen-bond donors (Lipinski definition) is 1. The van der Waals surface area contributed by atoms with Crippen molar-refractivity contribution in [3.05, 3.63) is 0 Å². The van der Waals surface area contributed by atoms with Crippen molar-refractivity contribution in [1.82, 2.24) is 0 Å². The highest BCUT2D eigenvalue weighted by molar-refractivity contribution is 5.80. The minimum Gasteiger partial charge on any atom is -0.461 e. The number of ether oxygens (including phenoxy) is 1. The number of carbonyl (C=O) groups is 1. The largest absolute Gasteiger partial charge is 0.461 e. The van der Waals surface area contributed by atoms with Gasteiger partial charge in [0.15, 0.2) is 0 Å². The van der Waals surface area contributed by atoms with E-state index in [4.69, 9.17) is 10.5 Å². The Labute approximate surface area is 117 Å². The van der Waals surface area contributed by atoms with Gasteiger partial charge >= 0.3 is 5.97 Å². The maximum atomic E-state index is 12.4. The lowest BCUT2D eigenvalue weighted by Crippen LogP contribution is -2.50. The Bertz CT molecular complexity index is 298. The Balaban J connectivity index is 1.92. The second-order valence-corrected chi connectivity index (χ2v) is 7.02. The molecule has 0 aromatic heterocycles. The van der Waals surface area contributed by atoms with E-state index in [2.05, 4.69) is 13.8 Å². The molecular formula is C16H29NO2. The molecule has 2 aliphatic rings. The van der Waals surface area contributed by atoms with Crippen LogP contribution in [0, 0.1) is 11.8 Å². The Kier molecular flexibility index (Phi) is 4.88. The maximum absolute atomic E-state index is 12.4. The molecule has 0 aromatic rings. The van der Waals surface area contributed by atoms with Gasteiger partial charge in [-0.05, 0) is 43.9 Å². The first-order chi connectivity index (χ1) is 8.99. The predicted molar refractivity (Wildman–Crippen MR) is 76.7 cm³/mol. The van der Waals surface area contributed by atoms with Crippen molar-refractivity contribution in [1.29, 1.82) is 0 Å². The highest BCUT2D eigenvalue weighted by Crippen LogP contribution is 2.32. The number of nitrogens with two attached hydrogens (primary N) is 1. The SMILES string of the molecule is CC1CC(C)CC(OC(=O)C2(N)CCCCCC2)C1. The van der Waals surface area contributed by atoms with Gasteiger partial charge in [-0.3, -0.25) is 4.79 Å². The van der Waals surface area contributed by atoms with E-state index in [1.54, 1.807) is 0 Å². The number of esters is 1. The van der Waals surface area contributed by atoms with E-state index in [0.717, 1.165) is 38.5 Å². The van der Waals surface area contributed by atoms with E-state index in [1.165, 1.54) is 19.3 Å². The summed E-state index contributed by atoms with van der Waals surface area (Å²) < 4.78 is 5.77. The van der Waals surface area contributed by atoms with Gasteiger partial charge in [-0.25, -0.2) is 0 Å². The molecule has 2 N–H and O–H groups in total. The van der Waals surface area contributed by atoms with Crippen LogP contribution >= 0.6 is 0 Å². The Hall–Kier alpha value is -0.570. The lowest BCUT2D eigenvalue weighted by molar-refractivity contribution is -0.159. The second-order valence-electron chi connectivity index (χ2n) is 7.02. The smallest absolute Gasteiger partial charge is 0.326 e. The van der Waals surface area contributed by atoms with Crippen LogP contribution in [0.4, 0.5) is 0 Å². The molecule has 2 saturated carbocycles. The summed E-state index contributed by atoms with van der Waals surface area (Å²) in [6.07, 6.45) is 9.46. The van der Waals surface area contributed by atoms with Gasteiger partial charge in [-0.15, -0.1) is 0 Å². The molecule has 2 atom stereocenters. The molecule has 110 valence electrons. The van der Waals surface area contributed by atoms with Crippen molar-refractivity contribution in [2.45, 2.75) is 83.3 Å². The van der Waals surface area contributed by atoms with Gasteiger partial charge in [0.2, 0.25) is 0 Å². The fourth-order valence-electron chi connectivity index (χ4n) is 3.80. The number of rotatable bonds is 2. The van der Waals surface area contributed by atoms with E-state index in [9.17, 15) is 4.79 Å². The monoisotopic (exact) mass is 267 g/mol.